The van der Waals surface area contributed by atoms with E-state index in [0.29, 0.717) is 11.7 Å². The largest absolute Gasteiger partial charge is 0.379 e. The van der Waals surface area contributed by atoms with Crippen molar-refractivity contribution < 1.29 is 9.26 Å². The lowest BCUT2D eigenvalue weighted by Crippen LogP contribution is -2.38. The molecule has 0 bridgehead atoms. The summed E-state index contributed by atoms with van der Waals surface area (Å²) < 4.78 is 10.6. The number of nitrogens with one attached hydrogen (secondary N) is 2. The summed E-state index contributed by atoms with van der Waals surface area (Å²) in [5.74, 6) is 2.15. The van der Waals surface area contributed by atoms with Crippen LogP contribution in [0.3, 0.4) is 0 Å². The average Bonchev–Trinajstić information content (AvgIpc) is 3.14. The first-order chi connectivity index (χ1) is 13.7. The van der Waals surface area contributed by atoms with Gasteiger partial charge < -0.3 is 19.9 Å². The number of aryl methyl sites for hydroxylation is 2. The van der Waals surface area contributed by atoms with Gasteiger partial charge in [0.05, 0.1) is 13.2 Å². The summed E-state index contributed by atoms with van der Waals surface area (Å²) in [7, 11) is 1.79. The lowest BCUT2D eigenvalue weighted by atomic mass is 10.1. The highest BCUT2D eigenvalue weighted by atomic mass is 16.5. The molecule has 2 heterocycles. The molecule has 0 unspecified atom stereocenters. The Bertz CT molecular complexity index is 755. The summed E-state index contributed by atoms with van der Waals surface area (Å²) in [6.45, 7) is 7.93. The Balaban J connectivity index is 1.44. The molecule has 0 spiro atoms. The average molecular weight is 387 g/mol. The minimum absolute atomic E-state index is 0.677. The zero-order valence-electron chi connectivity index (χ0n) is 16.8. The minimum atomic E-state index is 0.677. The molecule has 0 radical (unpaired) electrons. The molecular formula is C20H30N6O2. The molecule has 28 heavy (non-hydrogen) atoms. The summed E-state index contributed by atoms with van der Waals surface area (Å²) in [6, 6.07) is 8.57. The molecule has 152 valence electrons. The number of morpholine rings is 1. The predicted octanol–water partition coefficient (Wildman–Crippen LogP) is 1.51. The van der Waals surface area contributed by atoms with Crippen LogP contribution in [0.25, 0.3) is 0 Å². The number of benzene rings is 1. The Hall–Kier alpha value is -2.45. The van der Waals surface area contributed by atoms with Gasteiger partial charge in [-0.25, -0.2) is 0 Å². The van der Waals surface area contributed by atoms with Crippen molar-refractivity contribution in [3.05, 3.63) is 47.1 Å². The third-order valence-electron chi connectivity index (χ3n) is 4.72. The van der Waals surface area contributed by atoms with E-state index in [1.54, 1.807) is 7.05 Å². The summed E-state index contributed by atoms with van der Waals surface area (Å²) in [4.78, 5) is 11.0. The second-order valence-electron chi connectivity index (χ2n) is 6.85. The molecule has 2 N–H and O–H groups in total. The number of nitrogens with zero attached hydrogens (tertiary/aromatic N) is 4. The van der Waals surface area contributed by atoms with Crippen LogP contribution in [0.5, 0.6) is 0 Å². The van der Waals surface area contributed by atoms with Gasteiger partial charge in [-0.1, -0.05) is 29.4 Å². The number of hydrogen-bond donors (Lipinski definition) is 2. The lowest BCUT2D eigenvalue weighted by Gasteiger charge is -2.27. The summed E-state index contributed by atoms with van der Waals surface area (Å²) >= 11 is 0. The van der Waals surface area contributed by atoms with Crippen LogP contribution in [0, 0.1) is 6.92 Å². The van der Waals surface area contributed by atoms with Gasteiger partial charge in [-0.2, -0.15) is 4.98 Å². The zero-order valence-corrected chi connectivity index (χ0v) is 16.8. The van der Waals surface area contributed by atoms with E-state index in [1.807, 2.05) is 6.92 Å². The van der Waals surface area contributed by atoms with E-state index < -0.39 is 0 Å². The normalized spacial score (nSPS) is 15.6. The van der Waals surface area contributed by atoms with Gasteiger partial charge in [-0.05, 0) is 24.5 Å². The van der Waals surface area contributed by atoms with Gasteiger partial charge in [0.25, 0.3) is 0 Å². The number of aliphatic imine (C=N–C) groups is 1. The number of rotatable bonds is 8. The van der Waals surface area contributed by atoms with Crippen molar-refractivity contribution in [3.63, 3.8) is 0 Å². The molecule has 3 rings (SSSR count). The third kappa shape index (κ3) is 6.31. The molecule has 2 aromatic rings. The van der Waals surface area contributed by atoms with Crippen LogP contribution in [0.2, 0.25) is 0 Å². The van der Waals surface area contributed by atoms with Gasteiger partial charge in [0.2, 0.25) is 5.89 Å². The predicted molar refractivity (Wildman–Crippen MR) is 108 cm³/mol. The van der Waals surface area contributed by atoms with Crippen LogP contribution >= 0.6 is 0 Å². The molecule has 1 aromatic heterocycles. The van der Waals surface area contributed by atoms with Gasteiger partial charge in [-0.3, -0.25) is 9.89 Å². The zero-order chi connectivity index (χ0) is 19.6. The first-order valence-electron chi connectivity index (χ1n) is 9.85. The number of hydrogen-bond acceptors (Lipinski definition) is 6. The van der Waals surface area contributed by atoms with Gasteiger partial charge in [-0.15, -0.1) is 0 Å². The van der Waals surface area contributed by atoms with E-state index in [-0.39, 0.29) is 0 Å². The molecule has 1 aliphatic heterocycles. The number of ether oxygens (including phenoxy) is 1. The first kappa shape index (κ1) is 20.3. The Morgan fingerprint density at radius 3 is 2.68 bits per heavy atom. The molecule has 0 aliphatic carbocycles. The van der Waals surface area contributed by atoms with Crippen molar-refractivity contribution in [2.45, 2.75) is 32.9 Å². The monoisotopic (exact) mass is 386 g/mol. The standard InChI is InChI=1S/C20H30N6O2/c1-16-24-19(28-25-16)8-5-9-22-20(21-2)23-14-17-6-3-4-7-18(17)15-26-10-12-27-13-11-26/h3-4,6-7H,5,8-15H2,1-2H3,(H2,21,22,23). The lowest BCUT2D eigenvalue weighted by molar-refractivity contribution is 0.0341. The Morgan fingerprint density at radius 2 is 1.96 bits per heavy atom. The first-order valence-corrected chi connectivity index (χ1v) is 9.85. The maximum Gasteiger partial charge on any atom is 0.226 e. The SMILES string of the molecule is CN=C(NCCCc1nc(C)no1)NCc1ccccc1CN1CCOCC1. The van der Waals surface area contributed by atoms with E-state index in [1.165, 1.54) is 11.1 Å². The third-order valence-corrected chi connectivity index (χ3v) is 4.72. The second-order valence-corrected chi connectivity index (χ2v) is 6.85. The topological polar surface area (TPSA) is 87.8 Å². The maximum absolute atomic E-state index is 5.45. The van der Waals surface area contributed by atoms with E-state index in [2.05, 4.69) is 54.9 Å². The Morgan fingerprint density at radius 1 is 1.18 bits per heavy atom. The van der Waals surface area contributed by atoms with Crippen LogP contribution < -0.4 is 10.6 Å². The van der Waals surface area contributed by atoms with Crippen LogP contribution in [0.1, 0.15) is 29.3 Å². The highest BCUT2D eigenvalue weighted by Crippen LogP contribution is 2.13. The second kappa shape index (κ2) is 10.8. The van der Waals surface area contributed by atoms with Crippen molar-refractivity contribution in [3.8, 4) is 0 Å². The van der Waals surface area contributed by atoms with Crippen LogP contribution in [-0.4, -0.2) is 60.9 Å². The van der Waals surface area contributed by atoms with Gasteiger partial charge >= 0.3 is 0 Å². The van der Waals surface area contributed by atoms with Crippen molar-refractivity contribution >= 4 is 5.96 Å². The Labute approximate surface area is 166 Å². The van der Waals surface area contributed by atoms with Gasteiger partial charge in [0.1, 0.15) is 0 Å². The van der Waals surface area contributed by atoms with Crippen LogP contribution in [0.4, 0.5) is 0 Å². The molecule has 0 atom stereocenters. The minimum Gasteiger partial charge on any atom is -0.379 e. The van der Waals surface area contributed by atoms with Crippen molar-refractivity contribution in [2.75, 3.05) is 39.9 Å². The molecular weight excluding hydrogens is 356 g/mol. The van der Waals surface area contributed by atoms with E-state index in [0.717, 1.165) is 64.7 Å². The van der Waals surface area contributed by atoms with E-state index in [4.69, 9.17) is 9.26 Å². The number of guanidine groups is 1. The highest BCUT2D eigenvalue weighted by Gasteiger charge is 2.12. The fraction of sp³-hybridized carbons (Fsp3) is 0.550. The molecule has 8 heteroatoms. The molecule has 0 saturated carbocycles. The summed E-state index contributed by atoms with van der Waals surface area (Å²) in [5.41, 5.74) is 2.64. The van der Waals surface area contributed by atoms with Gasteiger partial charge in [0.15, 0.2) is 11.8 Å². The fourth-order valence-electron chi connectivity index (χ4n) is 3.17. The molecule has 1 saturated heterocycles. The van der Waals surface area contributed by atoms with Crippen molar-refractivity contribution in [2.24, 2.45) is 4.99 Å². The molecule has 8 nitrogen and oxygen atoms in total. The molecule has 1 fully saturated rings. The number of aromatic nitrogens is 2. The molecule has 1 aliphatic rings. The van der Waals surface area contributed by atoms with Crippen LogP contribution in [0.15, 0.2) is 33.8 Å². The van der Waals surface area contributed by atoms with Crippen LogP contribution in [-0.2, 0) is 24.2 Å². The highest BCUT2D eigenvalue weighted by molar-refractivity contribution is 5.79. The van der Waals surface area contributed by atoms with Gasteiger partial charge in [0, 0.05) is 46.2 Å². The molecule has 1 aromatic carbocycles. The van der Waals surface area contributed by atoms with Crippen molar-refractivity contribution in [1.29, 1.82) is 0 Å². The van der Waals surface area contributed by atoms with E-state index in [9.17, 15) is 0 Å². The summed E-state index contributed by atoms with van der Waals surface area (Å²) in [6.07, 6.45) is 1.66. The summed E-state index contributed by atoms with van der Waals surface area (Å²) in [5, 5.41) is 10.6. The molecule has 0 amide bonds. The maximum atomic E-state index is 5.45. The Kier molecular flexibility index (Phi) is 7.81. The van der Waals surface area contributed by atoms with E-state index >= 15 is 0 Å². The fourth-order valence-corrected chi connectivity index (χ4v) is 3.17. The van der Waals surface area contributed by atoms with Crippen molar-refractivity contribution in [1.82, 2.24) is 25.7 Å². The quantitative estimate of drug-likeness (QED) is 0.404. The smallest absolute Gasteiger partial charge is 0.226 e.